The van der Waals surface area contributed by atoms with Gasteiger partial charge in [0.25, 0.3) is 0 Å². The third-order valence-corrected chi connectivity index (χ3v) is 20.2. The number of hydrogen-bond acceptors (Lipinski definition) is 2. The average Bonchev–Trinajstić information content (AvgIpc) is 3.74. The molecule has 13 rings (SSSR count). The zero-order chi connectivity index (χ0) is 49.4. The molecule has 0 spiro atoms. The van der Waals surface area contributed by atoms with Crippen molar-refractivity contribution in [3.8, 4) is 44.5 Å². The molecule has 9 aromatic carbocycles. The number of hydrogen-bond donors (Lipinski definition) is 0. The van der Waals surface area contributed by atoms with Crippen molar-refractivity contribution in [1.82, 2.24) is 0 Å². The summed E-state index contributed by atoms with van der Waals surface area (Å²) in [5.74, 6) is 0. The molecule has 2 heteroatoms. The van der Waals surface area contributed by atoms with Crippen LogP contribution in [0, 0.1) is 10.8 Å². The topological polar surface area (TPSA) is 6.48 Å². The lowest BCUT2D eigenvalue weighted by Gasteiger charge is -2.59. The Balaban J connectivity index is 1.01. The molecular weight excluding hydrogens is 869 g/mol. The SMILES string of the molecule is CC1(C)CCCC2(C)c3cc(-c4ccc5c(-c6ccccc6)c6cc(-c7ccc8c(c7)C7(C)CCCC(C)(C)C7(C)N8c7ccccc7)ccc6c(-c6ccccc6)c5c4)ccc3N(c3ccccc3)C12C. The summed E-state index contributed by atoms with van der Waals surface area (Å²) < 4.78 is 0. The maximum atomic E-state index is 2.71. The van der Waals surface area contributed by atoms with Crippen LogP contribution in [-0.4, -0.2) is 11.1 Å². The van der Waals surface area contributed by atoms with E-state index in [1.807, 2.05) is 0 Å². The molecule has 2 heterocycles. The monoisotopic (exact) mass is 937 g/mol. The summed E-state index contributed by atoms with van der Waals surface area (Å²) in [7, 11) is 0. The van der Waals surface area contributed by atoms with Gasteiger partial charge in [0.2, 0.25) is 0 Å². The molecule has 9 aromatic rings. The lowest BCUT2D eigenvalue weighted by molar-refractivity contribution is 0.0484. The minimum absolute atomic E-state index is 0.0269. The number of para-hydroxylation sites is 2. The molecule has 358 valence electrons. The highest BCUT2D eigenvalue weighted by Crippen LogP contribution is 2.68. The lowest BCUT2D eigenvalue weighted by Crippen LogP contribution is -2.64. The molecule has 2 nitrogen and oxygen atoms in total. The maximum absolute atomic E-state index is 2.71. The first-order chi connectivity index (χ1) is 34.7. The zero-order valence-corrected chi connectivity index (χ0v) is 43.6. The fourth-order valence-corrected chi connectivity index (χ4v) is 15.7. The van der Waals surface area contributed by atoms with E-state index < -0.39 is 0 Å². The number of nitrogens with zero attached hydrogens (tertiary/aromatic N) is 2. The van der Waals surface area contributed by atoms with E-state index in [0.717, 1.165) is 0 Å². The molecule has 4 atom stereocenters. The highest BCUT2D eigenvalue weighted by atomic mass is 15.3. The van der Waals surface area contributed by atoms with Gasteiger partial charge < -0.3 is 9.80 Å². The predicted octanol–water partition coefficient (Wildman–Crippen LogP) is 19.4. The second-order valence-corrected chi connectivity index (χ2v) is 24.1. The summed E-state index contributed by atoms with van der Waals surface area (Å²) in [6.45, 7) is 20.3. The van der Waals surface area contributed by atoms with E-state index in [0.29, 0.717) is 0 Å². The zero-order valence-electron chi connectivity index (χ0n) is 43.6. The average molecular weight is 937 g/mol. The maximum Gasteiger partial charge on any atom is 0.0568 e. The molecule has 0 aromatic heterocycles. The molecule has 4 aliphatic rings. The highest BCUT2D eigenvalue weighted by molar-refractivity contribution is 6.22. The van der Waals surface area contributed by atoms with E-state index in [2.05, 4.69) is 259 Å². The van der Waals surface area contributed by atoms with Crippen molar-refractivity contribution >= 4 is 44.3 Å². The Labute approximate surface area is 428 Å². The van der Waals surface area contributed by atoms with Gasteiger partial charge in [-0.15, -0.1) is 0 Å². The van der Waals surface area contributed by atoms with Crippen LogP contribution in [0.3, 0.4) is 0 Å². The number of fused-ring (bicyclic) bond motifs is 8. The second-order valence-electron chi connectivity index (χ2n) is 24.1. The van der Waals surface area contributed by atoms with Gasteiger partial charge in [-0.25, -0.2) is 0 Å². The first-order valence-corrected chi connectivity index (χ1v) is 26.9. The standard InChI is InChI=1S/C70H68N2/c1-65(2)39-21-41-67(5)59-45-51(33-37-61(59)71(69(65,67)7)53-27-17-11-18-28-53)49-31-35-55-57(43-49)63(47-23-13-9-14-24-47)56-36-32-50(44-58(56)64(55)48-25-15-10-16-26-48)52-34-38-62-60(46-52)68(6)42-22-40-66(3,4)70(68,8)72(62)54-29-19-12-20-30-54/h9-20,23-38,43-46H,21-22,39-42H2,1-8H3. The van der Waals surface area contributed by atoms with E-state index in [9.17, 15) is 0 Å². The van der Waals surface area contributed by atoms with Crippen LogP contribution < -0.4 is 9.80 Å². The summed E-state index contributed by atoms with van der Waals surface area (Å²) >= 11 is 0. The molecule has 0 bridgehead atoms. The number of rotatable bonds is 6. The molecule has 72 heavy (non-hydrogen) atoms. The van der Waals surface area contributed by atoms with Crippen molar-refractivity contribution in [3.05, 3.63) is 205 Å². The van der Waals surface area contributed by atoms with Crippen molar-refractivity contribution in [2.24, 2.45) is 10.8 Å². The Hall–Kier alpha value is -6.90. The van der Waals surface area contributed by atoms with Gasteiger partial charge in [-0.2, -0.15) is 0 Å². The molecule has 2 fully saturated rings. The van der Waals surface area contributed by atoms with Gasteiger partial charge in [-0.3, -0.25) is 0 Å². The fourth-order valence-electron chi connectivity index (χ4n) is 15.7. The van der Waals surface area contributed by atoms with Crippen molar-refractivity contribution in [2.45, 2.75) is 116 Å². The Morgan fingerprint density at radius 1 is 0.306 bits per heavy atom. The van der Waals surface area contributed by atoms with Crippen molar-refractivity contribution in [2.75, 3.05) is 9.80 Å². The van der Waals surface area contributed by atoms with Gasteiger partial charge >= 0.3 is 0 Å². The Kier molecular flexibility index (Phi) is 9.87. The minimum Gasteiger partial charge on any atom is -0.334 e. The van der Waals surface area contributed by atoms with Crippen LogP contribution in [0.5, 0.6) is 0 Å². The van der Waals surface area contributed by atoms with Crippen LogP contribution in [0.1, 0.15) is 105 Å². The molecular formula is C70H68N2. The van der Waals surface area contributed by atoms with Crippen LogP contribution >= 0.6 is 0 Å². The quantitative estimate of drug-likeness (QED) is 0.153. The summed E-state index contributed by atoms with van der Waals surface area (Å²) in [5, 5.41) is 5.12. The minimum atomic E-state index is -0.0968. The van der Waals surface area contributed by atoms with Crippen LogP contribution in [0.2, 0.25) is 0 Å². The van der Waals surface area contributed by atoms with Gasteiger partial charge in [0.15, 0.2) is 0 Å². The highest BCUT2D eigenvalue weighted by Gasteiger charge is 2.66. The predicted molar refractivity (Wildman–Crippen MR) is 307 cm³/mol. The van der Waals surface area contributed by atoms with Crippen molar-refractivity contribution < 1.29 is 0 Å². The lowest BCUT2D eigenvalue weighted by atomic mass is 9.51. The summed E-state index contributed by atoms with van der Waals surface area (Å²) in [6, 6.07) is 74.1. The van der Waals surface area contributed by atoms with Crippen LogP contribution in [0.15, 0.2) is 194 Å². The van der Waals surface area contributed by atoms with Crippen LogP contribution in [0.4, 0.5) is 22.7 Å². The van der Waals surface area contributed by atoms with Crippen LogP contribution in [0.25, 0.3) is 66.1 Å². The Morgan fingerprint density at radius 2 is 0.639 bits per heavy atom. The normalized spacial score (nSPS) is 24.7. The molecule has 4 unspecified atom stereocenters. The second kappa shape index (κ2) is 15.8. The molecule has 0 radical (unpaired) electrons. The van der Waals surface area contributed by atoms with E-state index in [-0.39, 0.29) is 32.7 Å². The largest absolute Gasteiger partial charge is 0.334 e. The third-order valence-electron chi connectivity index (χ3n) is 20.2. The van der Waals surface area contributed by atoms with E-state index >= 15 is 0 Å². The Bertz CT molecular complexity index is 3350. The molecule has 2 saturated carbocycles. The van der Waals surface area contributed by atoms with Gasteiger partial charge in [0.1, 0.15) is 0 Å². The van der Waals surface area contributed by atoms with E-state index in [1.54, 1.807) is 0 Å². The van der Waals surface area contributed by atoms with Gasteiger partial charge in [0.05, 0.1) is 11.1 Å². The van der Waals surface area contributed by atoms with Gasteiger partial charge in [-0.1, -0.05) is 188 Å². The third kappa shape index (κ3) is 6.02. The first kappa shape index (κ1) is 45.0. The van der Waals surface area contributed by atoms with E-state index in [4.69, 9.17) is 0 Å². The smallest absolute Gasteiger partial charge is 0.0568 e. The summed E-state index contributed by atoms with van der Waals surface area (Å²) in [4.78, 5) is 5.42. The molecule has 2 aliphatic heterocycles. The fraction of sp³-hybridized carbons (Fsp3) is 0.286. The van der Waals surface area contributed by atoms with Crippen molar-refractivity contribution in [3.63, 3.8) is 0 Å². The number of benzene rings is 9. The van der Waals surface area contributed by atoms with Gasteiger partial charge in [-0.05, 0) is 188 Å². The van der Waals surface area contributed by atoms with Crippen molar-refractivity contribution in [1.29, 1.82) is 0 Å². The first-order valence-electron chi connectivity index (χ1n) is 26.9. The molecule has 0 N–H and O–H groups in total. The summed E-state index contributed by atoms with van der Waals surface area (Å²) in [5.41, 5.74) is 18.3. The summed E-state index contributed by atoms with van der Waals surface area (Å²) in [6.07, 6.45) is 7.24. The van der Waals surface area contributed by atoms with Gasteiger partial charge in [0, 0.05) is 33.6 Å². The Morgan fingerprint density at radius 3 is 1.01 bits per heavy atom. The number of anilines is 4. The van der Waals surface area contributed by atoms with Crippen LogP contribution in [-0.2, 0) is 10.8 Å². The molecule has 0 amide bonds. The molecule has 2 aliphatic carbocycles. The van der Waals surface area contributed by atoms with E-state index in [1.165, 1.54) is 138 Å². The molecule has 0 saturated heterocycles.